The van der Waals surface area contributed by atoms with Gasteiger partial charge in [0.2, 0.25) is 0 Å². The zero-order chi connectivity index (χ0) is 14.1. The topological polar surface area (TPSA) is 47.6 Å². The number of nitriles is 2. The number of rotatable bonds is 2. The normalized spacial score (nSPS) is 14.6. The van der Waals surface area contributed by atoms with Gasteiger partial charge in [0, 0.05) is 0 Å². The van der Waals surface area contributed by atoms with Gasteiger partial charge in [0.05, 0.1) is 0 Å². The molecule has 96 valence electrons. The first-order chi connectivity index (χ1) is 7.96. The molecule has 2 nitrogen and oxygen atoms in total. The number of nitrogens with zero attached hydrogens (tertiary/aromatic N) is 2. The van der Waals surface area contributed by atoms with Crippen molar-refractivity contribution in [3.8, 4) is 12.1 Å². The summed E-state index contributed by atoms with van der Waals surface area (Å²) in [7, 11) is -9.67. The number of benzene rings is 1. The zero-order valence-corrected chi connectivity index (χ0v) is 9.40. The lowest BCUT2D eigenvalue weighted by Crippen LogP contribution is -2.05. The Morgan fingerprint density at radius 3 is 1.72 bits per heavy atom. The molecule has 0 aliphatic rings. The van der Waals surface area contributed by atoms with Crippen LogP contribution >= 0.6 is 10.2 Å². The first-order valence-electron chi connectivity index (χ1n) is 4.32. The number of halogens is 5. The van der Waals surface area contributed by atoms with Gasteiger partial charge in [-0.25, -0.2) is 0 Å². The highest BCUT2D eigenvalue weighted by atomic mass is 32.5. The third-order valence-corrected chi connectivity index (χ3v) is 3.04. The van der Waals surface area contributed by atoms with Crippen molar-refractivity contribution in [1.29, 1.82) is 10.5 Å². The summed E-state index contributed by atoms with van der Waals surface area (Å²) < 4.78 is 61.8. The number of hydrogen-bond acceptors (Lipinski definition) is 2. The average Bonchev–Trinajstić information content (AvgIpc) is 2.23. The maximum Gasteiger partial charge on any atom is 0.310 e. The van der Waals surface area contributed by atoms with Gasteiger partial charge in [-0.05, 0) is 23.8 Å². The van der Waals surface area contributed by atoms with Gasteiger partial charge in [-0.2, -0.15) is 10.5 Å². The molecule has 0 radical (unpaired) electrons. The quantitative estimate of drug-likeness (QED) is 0.578. The molecule has 0 unspecified atom stereocenters. The van der Waals surface area contributed by atoms with Gasteiger partial charge >= 0.3 is 10.2 Å². The molecule has 0 bridgehead atoms. The molecule has 1 aromatic carbocycles. The standard InChI is InChI=1S/C10H5F5N2S/c11-18(12,13,14,15)10-3-1-8(2-4-10)5-9(6-16)7-17/h1-5H. The smallest absolute Gasteiger partial charge is 0.192 e. The van der Waals surface area contributed by atoms with Crippen LogP contribution < -0.4 is 0 Å². The molecule has 0 aliphatic heterocycles. The van der Waals surface area contributed by atoms with E-state index in [1.165, 1.54) is 12.1 Å². The molecule has 0 amide bonds. The predicted octanol–water partition coefficient (Wildman–Crippen LogP) is 4.77. The van der Waals surface area contributed by atoms with E-state index >= 15 is 0 Å². The van der Waals surface area contributed by atoms with E-state index in [4.69, 9.17) is 10.5 Å². The van der Waals surface area contributed by atoms with Crippen molar-refractivity contribution in [2.75, 3.05) is 0 Å². The number of allylic oxidation sites excluding steroid dienone is 1. The highest BCUT2D eigenvalue weighted by molar-refractivity contribution is 8.45. The Bertz CT molecular complexity index is 570. The molecule has 0 fully saturated rings. The minimum atomic E-state index is -9.67. The van der Waals surface area contributed by atoms with Crippen LogP contribution in [0.3, 0.4) is 0 Å². The van der Waals surface area contributed by atoms with Gasteiger partial charge < -0.3 is 0 Å². The van der Waals surface area contributed by atoms with E-state index in [1.807, 2.05) is 0 Å². The maximum atomic E-state index is 12.4. The van der Waals surface area contributed by atoms with Crippen molar-refractivity contribution in [2.24, 2.45) is 0 Å². The Kier molecular flexibility index (Phi) is 2.70. The van der Waals surface area contributed by atoms with Crippen LogP contribution in [0.25, 0.3) is 6.08 Å². The van der Waals surface area contributed by atoms with Crippen molar-refractivity contribution < 1.29 is 19.4 Å². The first kappa shape index (κ1) is 14.0. The monoisotopic (exact) mass is 280 g/mol. The van der Waals surface area contributed by atoms with Crippen LogP contribution in [0.1, 0.15) is 5.56 Å². The van der Waals surface area contributed by atoms with Crippen molar-refractivity contribution in [3.63, 3.8) is 0 Å². The lowest BCUT2D eigenvalue weighted by atomic mass is 10.1. The van der Waals surface area contributed by atoms with Gasteiger partial charge in [-0.3, -0.25) is 0 Å². The molecule has 18 heavy (non-hydrogen) atoms. The van der Waals surface area contributed by atoms with E-state index in [0.717, 1.165) is 18.2 Å². The van der Waals surface area contributed by atoms with Crippen molar-refractivity contribution in [1.82, 2.24) is 0 Å². The molecule has 0 aliphatic carbocycles. The second-order valence-corrected chi connectivity index (χ2v) is 5.73. The van der Waals surface area contributed by atoms with E-state index in [9.17, 15) is 19.4 Å². The minimum Gasteiger partial charge on any atom is -0.192 e. The lowest BCUT2D eigenvalue weighted by Gasteiger charge is -2.40. The summed E-state index contributed by atoms with van der Waals surface area (Å²) in [5.41, 5.74) is -0.284. The van der Waals surface area contributed by atoms with E-state index in [0.29, 0.717) is 0 Å². The van der Waals surface area contributed by atoms with Crippen molar-refractivity contribution in [2.45, 2.75) is 4.90 Å². The lowest BCUT2D eigenvalue weighted by molar-refractivity contribution is 0.364. The summed E-state index contributed by atoms with van der Waals surface area (Å²) in [5, 5.41) is 16.8. The van der Waals surface area contributed by atoms with Crippen molar-refractivity contribution in [3.05, 3.63) is 35.4 Å². The first-order valence-corrected chi connectivity index (χ1v) is 6.27. The molecular weight excluding hydrogens is 275 g/mol. The Morgan fingerprint density at radius 2 is 1.39 bits per heavy atom. The molecule has 0 saturated heterocycles. The minimum absolute atomic E-state index is 0.0544. The van der Waals surface area contributed by atoms with Crippen LogP contribution in [-0.2, 0) is 0 Å². The third kappa shape index (κ3) is 3.47. The third-order valence-electron chi connectivity index (χ3n) is 1.88. The second kappa shape index (κ2) is 3.47. The summed E-state index contributed by atoms with van der Waals surface area (Å²) in [6.07, 6.45) is 0.995. The van der Waals surface area contributed by atoms with Crippen LogP contribution in [0.2, 0.25) is 0 Å². The maximum absolute atomic E-state index is 12.4. The average molecular weight is 280 g/mol. The molecule has 0 saturated carbocycles. The summed E-state index contributed by atoms with van der Waals surface area (Å²) in [6.45, 7) is 0. The molecule has 0 aromatic heterocycles. The molecule has 1 rings (SSSR count). The molecule has 0 atom stereocenters. The molecule has 0 N–H and O–H groups in total. The summed E-state index contributed by atoms with van der Waals surface area (Å²) in [5.74, 6) is 0. The Labute approximate surface area is 99.3 Å². The Morgan fingerprint density at radius 1 is 0.944 bits per heavy atom. The van der Waals surface area contributed by atoms with Gasteiger partial charge in [0.25, 0.3) is 0 Å². The SMILES string of the molecule is N#CC(C#N)=Cc1ccc(S(F)(F)(F)(F)F)cc1. The fourth-order valence-electron chi connectivity index (χ4n) is 1.08. The van der Waals surface area contributed by atoms with Gasteiger partial charge in [0.1, 0.15) is 22.6 Å². The number of hydrogen-bond donors (Lipinski definition) is 0. The fourth-order valence-corrected chi connectivity index (χ4v) is 1.73. The predicted molar refractivity (Wildman–Crippen MR) is 57.0 cm³/mol. The molecule has 1 aromatic rings. The highest BCUT2D eigenvalue weighted by Gasteiger charge is 2.65. The summed E-state index contributed by atoms with van der Waals surface area (Å²) in [4.78, 5) is -2.01. The summed E-state index contributed by atoms with van der Waals surface area (Å²) >= 11 is 0. The molecule has 0 spiro atoms. The van der Waals surface area contributed by atoms with E-state index in [2.05, 4.69) is 0 Å². The van der Waals surface area contributed by atoms with Gasteiger partial charge in [-0.15, -0.1) is 0 Å². The van der Waals surface area contributed by atoms with E-state index < -0.39 is 15.1 Å². The van der Waals surface area contributed by atoms with Crippen LogP contribution in [0.15, 0.2) is 34.7 Å². The Balaban J connectivity index is 3.24. The van der Waals surface area contributed by atoms with Crippen molar-refractivity contribution >= 4 is 16.3 Å². The molecular formula is C10H5F5N2S. The molecule has 8 heteroatoms. The van der Waals surface area contributed by atoms with E-state index in [1.54, 1.807) is 0 Å². The largest absolute Gasteiger partial charge is 0.310 e. The second-order valence-electron chi connectivity index (χ2n) is 3.32. The van der Waals surface area contributed by atoms with Gasteiger partial charge in [0.15, 0.2) is 0 Å². The van der Waals surface area contributed by atoms with Crippen LogP contribution in [0, 0.1) is 22.7 Å². The summed E-state index contributed by atoms with van der Waals surface area (Å²) in [6, 6.07) is 4.97. The Hall–Kier alpha value is -2.06. The van der Waals surface area contributed by atoms with Crippen LogP contribution in [-0.4, -0.2) is 0 Å². The van der Waals surface area contributed by atoms with Gasteiger partial charge in [-0.1, -0.05) is 31.6 Å². The van der Waals surface area contributed by atoms with Crippen LogP contribution in [0.4, 0.5) is 19.4 Å². The highest BCUT2D eigenvalue weighted by Crippen LogP contribution is 3.02. The fraction of sp³-hybridized carbons (Fsp3) is 0. The van der Waals surface area contributed by atoms with E-state index in [-0.39, 0.29) is 23.3 Å². The zero-order valence-electron chi connectivity index (χ0n) is 8.58. The molecule has 0 heterocycles. The van der Waals surface area contributed by atoms with Crippen LogP contribution in [0.5, 0.6) is 0 Å².